The Labute approximate surface area is 177 Å². The summed E-state index contributed by atoms with van der Waals surface area (Å²) in [4.78, 5) is 13.2. The summed E-state index contributed by atoms with van der Waals surface area (Å²) in [7, 11) is 0. The number of hydrogen-bond acceptors (Lipinski definition) is 2. The molecule has 8 heteroatoms. The van der Waals surface area contributed by atoms with Crippen LogP contribution in [0.3, 0.4) is 0 Å². The van der Waals surface area contributed by atoms with Crippen LogP contribution in [0.1, 0.15) is 18.9 Å². The molecule has 1 aliphatic heterocycles. The quantitative estimate of drug-likeness (QED) is 0.326. The second kappa shape index (κ2) is 9.63. The minimum Gasteiger partial charge on any atom is -0.494 e. The number of hydrogen-bond donors (Lipinski definition) is 0. The number of amides is 1. The van der Waals surface area contributed by atoms with Crippen LogP contribution >= 0.6 is 34.2 Å². The van der Waals surface area contributed by atoms with Gasteiger partial charge in [-0.25, -0.2) is 14.9 Å². The third-order valence-corrected chi connectivity index (χ3v) is 4.37. The first-order chi connectivity index (χ1) is 10.4. The van der Waals surface area contributed by atoms with Crippen LogP contribution in [-0.2, 0) is 37.5 Å². The fraction of sp³-hybridized carbons (Fsp3) is 0.400. The van der Waals surface area contributed by atoms with Crippen molar-refractivity contribution in [3.05, 3.63) is 34.9 Å². The van der Waals surface area contributed by atoms with Crippen molar-refractivity contribution in [1.82, 2.24) is 4.90 Å². The molecule has 0 saturated carbocycles. The van der Waals surface area contributed by atoms with Crippen LogP contribution in [0.15, 0.2) is 18.2 Å². The summed E-state index contributed by atoms with van der Waals surface area (Å²) in [6.45, 7) is 1.68. The molecule has 1 atom stereocenters. The molecule has 2 rings (SSSR count). The molecule has 1 aromatic carbocycles. The molecule has 23 heavy (non-hydrogen) atoms. The van der Waals surface area contributed by atoms with Gasteiger partial charge in [0.1, 0.15) is 5.75 Å². The first kappa shape index (κ1) is 21.3. The monoisotopic (exact) mass is 529 g/mol. The minimum atomic E-state index is -2.62. The zero-order chi connectivity index (χ0) is 16.3. The van der Waals surface area contributed by atoms with Crippen molar-refractivity contribution in [1.29, 1.82) is 0 Å². The molecule has 123 valence electrons. The topological polar surface area (TPSA) is 29.5 Å². The van der Waals surface area contributed by atoms with E-state index in [9.17, 15) is 13.6 Å². The summed E-state index contributed by atoms with van der Waals surface area (Å²) in [5.74, 6) is 0.241. The maximum atomic E-state index is 12.8. The Bertz CT molecular complexity index is 601. The van der Waals surface area contributed by atoms with Gasteiger partial charge < -0.3 is 9.64 Å². The van der Waals surface area contributed by atoms with E-state index >= 15 is 0 Å². The number of benzene rings is 1. The predicted molar refractivity (Wildman–Crippen MR) is 89.4 cm³/mol. The van der Waals surface area contributed by atoms with Crippen LogP contribution in [0.2, 0.25) is 5.02 Å². The third-order valence-electron chi connectivity index (χ3n) is 3.08. The first-order valence-corrected chi connectivity index (χ1v) is 8.33. The average Bonchev–Trinajstić information content (AvgIpc) is 2.45. The van der Waals surface area contributed by atoms with Gasteiger partial charge in [0, 0.05) is 32.7 Å². The van der Waals surface area contributed by atoms with E-state index in [0.29, 0.717) is 35.1 Å². The molecule has 0 bridgehead atoms. The number of carbonyl (C=O) groups is 1. The Balaban J connectivity index is 0.00000264. The molecule has 0 fully saturated rings. The number of ether oxygens (including phenoxy) is 1. The Kier molecular flexibility index (Phi) is 8.90. The van der Waals surface area contributed by atoms with E-state index in [2.05, 4.69) is 6.08 Å². The Hall–Kier alpha value is 0.214. The zero-order valence-corrected chi connectivity index (χ0v) is 18.1. The standard InChI is InChI=1S/C15H14ClF2INO2.Y/c1-2-22-9-3-4-10(11(16)7-9)13-6-5-12(19)15(21)20(13)8-14(17)18;/h3-4,7,12,14H,2,5,8H2,1H3;/q-1;. The number of rotatable bonds is 5. The molecule has 0 aromatic heterocycles. The molecule has 0 saturated heterocycles. The van der Waals surface area contributed by atoms with Crippen LogP contribution in [0.4, 0.5) is 8.78 Å². The van der Waals surface area contributed by atoms with E-state index < -0.39 is 13.0 Å². The van der Waals surface area contributed by atoms with Gasteiger partial charge in [-0.2, -0.15) is 0 Å². The normalized spacial score (nSPS) is 17.8. The summed E-state index contributed by atoms with van der Waals surface area (Å²) < 4.78 is 30.5. The molecular formula is C15H14ClF2INO2Y-. The summed E-state index contributed by atoms with van der Waals surface area (Å²) in [5.41, 5.74) is 0.814. The van der Waals surface area contributed by atoms with E-state index in [0.717, 1.165) is 4.90 Å². The van der Waals surface area contributed by atoms with Gasteiger partial charge in [0.15, 0.2) is 0 Å². The maximum absolute atomic E-state index is 12.8. The first-order valence-electron chi connectivity index (χ1n) is 6.71. The number of carbonyl (C=O) groups excluding carboxylic acids is 1. The van der Waals surface area contributed by atoms with Crippen LogP contribution < -0.4 is 4.74 Å². The molecule has 0 N–H and O–H groups in total. The SMILES string of the molecule is CCOc1ccc(C2=[C-]CC(I)C(=O)N2CC(F)F)c(Cl)c1.[Y]. The molecule has 1 unspecified atom stereocenters. The molecular weight excluding hydrogens is 515 g/mol. The number of allylic oxidation sites excluding steroid dienone is 1. The molecule has 1 heterocycles. The maximum Gasteiger partial charge on any atom is 0.256 e. The van der Waals surface area contributed by atoms with Gasteiger partial charge in [-0.3, -0.25) is 4.79 Å². The fourth-order valence-corrected chi connectivity index (χ4v) is 2.97. The summed E-state index contributed by atoms with van der Waals surface area (Å²) >= 11 is 8.15. The Morgan fingerprint density at radius 2 is 2.22 bits per heavy atom. The Morgan fingerprint density at radius 1 is 1.52 bits per heavy atom. The van der Waals surface area contributed by atoms with Gasteiger partial charge in [-0.15, -0.1) is 28.9 Å². The van der Waals surface area contributed by atoms with Gasteiger partial charge in [0.2, 0.25) is 5.91 Å². The van der Waals surface area contributed by atoms with Crippen molar-refractivity contribution in [2.24, 2.45) is 0 Å². The number of alkyl halides is 3. The van der Waals surface area contributed by atoms with E-state index in [-0.39, 0.29) is 42.5 Å². The van der Waals surface area contributed by atoms with Gasteiger partial charge in [-0.1, -0.05) is 29.0 Å². The molecule has 0 aliphatic carbocycles. The van der Waals surface area contributed by atoms with Crippen LogP contribution in [0.5, 0.6) is 5.75 Å². The average molecular weight is 530 g/mol. The van der Waals surface area contributed by atoms with E-state index in [1.54, 1.807) is 18.2 Å². The summed E-state index contributed by atoms with van der Waals surface area (Å²) in [5, 5.41) is 0.340. The molecule has 0 spiro atoms. The Morgan fingerprint density at radius 3 is 2.78 bits per heavy atom. The van der Waals surface area contributed by atoms with Crippen molar-refractivity contribution >= 4 is 45.8 Å². The summed E-state index contributed by atoms with van der Waals surface area (Å²) in [6.07, 6.45) is 0.771. The van der Waals surface area contributed by atoms with Crippen LogP contribution in [-0.4, -0.2) is 34.3 Å². The second-order valence-electron chi connectivity index (χ2n) is 4.61. The molecule has 1 radical (unpaired) electrons. The molecule has 1 aromatic rings. The van der Waals surface area contributed by atoms with E-state index in [1.165, 1.54) is 0 Å². The zero-order valence-electron chi connectivity index (χ0n) is 12.4. The predicted octanol–water partition coefficient (Wildman–Crippen LogP) is 4.18. The van der Waals surface area contributed by atoms with Crippen molar-refractivity contribution in [2.45, 2.75) is 23.7 Å². The van der Waals surface area contributed by atoms with Gasteiger partial charge in [-0.05, 0) is 24.1 Å². The van der Waals surface area contributed by atoms with Crippen molar-refractivity contribution in [3.8, 4) is 5.75 Å². The number of halogens is 4. The molecule has 3 nitrogen and oxygen atoms in total. The molecule has 1 amide bonds. The fourth-order valence-electron chi connectivity index (χ4n) is 2.15. The van der Waals surface area contributed by atoms with E-state index in [1.807, 2.05) is 29.5 Å². The smallest absolute Gasteiger partial charge is 0.256 e. The van der Waals surface area contributed by atoms with E-state index in [4.69, 9.17) is 16.3 Å². The van der Waals surface area contributed by atoms with Gasteiger partial charge in [0.25, 0.3) is 6.43 Å². The van der Waals surface area contributed by atoms with Gasteiger partial charge >= 0.3 is 0 Å². The van der Waals surface area contributed by atoms with Gasteiger partial charge in [0.05, 0.1) is 17.1 Å². The minimum absolute atomic E-state index is 0. The van der Waals surface area contributed by atoms with Crippen molar-refractivity contribution in [2.75, 3.05) is 13.2 Å². The van der Waals surface area contributed by atoms with Crippen LogP contribution in [0, 0.1) is 6.08 Å². The third kappa shape index (κ3) is 5.34. The van der Waals surface area contributed by atoms with Crippen molar-refractivity contribution in [3.63, 3.8) is 0 Å². The molecule has 1 aliphatic rings. The van der Waals surface area contributed by atoms with Crippen LogP contribution in [0.25, 0.3) is 5.70 Å². The largest absolute Gasteiger partial charge is 0.494 e. The second-order valence-corrected chi connectivity index (χ2v) is 6.52. The number of nitrogens with zero attached hydrogens (tertiary/aromatic N) is 1. The van der Waals surface area contributed by atoms with Crippen molar-refractivity contribution < 1.29 is 51.0 Å². The summed E-state index contributed by atoms with van der Waals surface area (Å²) in [6, 6.07) is 4.96.